The minimum absolute atomic E-state index is 0.124. The van der Waals surface area contributed by atoms with Gasteiger partial charge in [-0.05, 0) is 34.4 Å². The molecule has 0 spiro atoms. The fourth-order valence-corrected chi connectivity index (χ4v) is 3.52. The maximum absolute atomic E-state index is 12.0. The summed E-state index contributed by atoms with van der Waals surface area (Å²) in [4.78, 5) is 22.2. The van der Waals surface area contributed by atoms with Crippen LogP contribution in [-0.4, -0.2) is 67.0 Å². The molecule has 1 N–H and O–H groups in total. The number of nitrogens with zero attached hydrogens (tertiary/aromatic N) is 3. The van der Waals surface area contributed by atoms with Gasteiger partial charge in [0.05, 0.1) is 17.2 Å². The zero-order chi connectivity index (χ0) is 15.4. The Bertz CT molecular complexity index is 467. The molecule has 1 fully saturated rings. The van der Waals surface area contributed by atoms with Crippen molar-refractivity contribution in [3.8, 4) is 0 Å². The van der Waals surface area contributed by atoms with Crippen LogP contribution in [0.4, 0.5) is 0 Å². The molecule has 1 aromatic heterocycles. The number of carbonyl (C=O) groups is 1. The SMILES string of the molecule is Cc1nc(CCNC(=O)CN2CCC(N(C)C)C2)sc1C. The third-order valence-corrected chi connectivity index (χ3v) is 5.21. The van der Waals surface area contributed by atoms with Gasteiger partial charge < -0.3 is 10.2 Å². The molecule has 1 aliphatic heterocycles. The minimum atomic E-state index is 0.124. The van der Waals surface area contributed by atoms with Crippen molar-refractivity contribution in [1.29, 1.82) is 0 Å². The summed E-state index contributed by atoms with van der Waals surface area (Å²) in [5, 5.41) is 4.11. The third-order valence-electron chi connectivity index (χ3n) is 4.08. The molecule has 1 amide bonds. The van der Waals surface area contributed by atoms with Gasteiger partial charge in [0, 0.05) is 37.0 Å². The number of amides is 1. The molecule has 6 heteroatoms. The lowest BCUT2D eigenvalue weighted by Crippen LogP contribution is -2.38. The number of hydrogen-bond acceptors (Lipinski definition) is 5. The second-order valence-electron chi connectivity index (χ2n) is 5.99. The van der Waals surface area contributed by atoms with E-state index in [9.17, 15) is 4.79 Å². The largest absolute Gasteiger partial charge is 0.355 e. The average Bonchev–Trinajstić information content (AvgIpc) is 2.98. The summed E-state index contributed by atoms with van der Waals surface area (Å²) in [5.74, 6) is 0.124. The summed E-state index contributed by atoms with van der Waals surface area (Å²) in [6, 6.07) is 0.582. The van der Waals surface area contributed by atoms with E-state index in [-0.39, 0.29) is 5.91 Å². The summed E-state index contributed by atoms with van der Waals surface area (Å²) in [6.07, 6.45) is 1.98. The van der Waals surface area contributed by atoms with Crippen LogP contribution in [0, 0.1) is 13.8 Å². The summed E-state index contributed by atoms with van der Waals surface area (Å²) >= 11 is 1.72. The van der Waals surface area contributed by atoms with Gasteiger partial charge in [-0.25, -0.2) is 4.98 Å². The fraction of sp³-hybridized carbons (Fsp3) is 0.733. The van der Waals surface area contributed by atoms with E-state index in [0.29, 0.717) is 19.1 Å². The first-order valence-corrected chi connectivity index (χ1v) is 8.35. The van der Waals surface area contributed by atoms with E-state index in [0.717, 1.165) is 36.6 Å². The molecule has 0 radical (unpaired) electrons. The lowest BCUT2D eigenvalue weighted by molar-refractivity contribution is -0.122. The van der Waals surface area contributed by atoms with Crippen LogP contribution in [0.25, 0.3) is 0 Å². The predicted octanol–water partition coefficient (Wildman–Crippen LogP) is 1.05. The Hall–Kier alpha value is -0.980. The maximum atomic E-state index is 12.0. The Labute approximate surface area is 131 Å². The van der Waals surface area contributed by atoms with Gasteiger partial charge in [0.25, 0.3) is 0 Å². The Balaban J connectivity index is 1.66. The van der Waals surface area contributed by atoms with Gasteiger partial charge in [0.15, 0.2) is 0 Å². The molecular weight excluding hydrogens is 284 g/mol. The van der Waals surface area contributed by atoms with Gasteiger partial charge in [0.1, 0.15) is 0 Å². The molecule has 1 aliphatic rings. The second-order valence-corrected chi connectivity index (χ2v) is 7.28. The molecule has 0 aromatic carbocycles. The van der Waals surface area contributed by atoms with Crippen molar-refractivity contribution in [2.24, 2.45) is 0 Å². The van der Waals surface area contributed by atoms with Crippen molar-refractivity contribution >= 4 is 17.2 Å². The number of aryl methyl sites for hydroxylation is 2. The smallest absolute Gasteiger partial charge is 0.234 e. The highest BCUT2D eigenvalue weighted by Gasteiger charge is 2.24. The molecule has 21 heavy (non-hydrogen) atoms. The topological polar surface area (TPSA) is 48.5 Å². The van der Waals surface area contributed by atoms with E-state index in [4.69, 9.17) is 0 Å². The van der Waals surface area contributed by atoms with Crippen LogP contribution < -0.4 is 5.32 Å². The number of aromatic nitrogens is 1. The van der Waals surface area contributed by atoms with Crippen LogP contribution in [0.2, 0.25) is 0 Å². The summed E-state index contributed by atoms with van der Waals surface area (Å²) in [7, 11) is 4.21. The first-order valence-electron chi connectivity index (χ1n) is 7.54. The molecule has 2 rings (SSSR count). The van der Waals surface area contributed by atoms with Crippen molar-refractivity contribution in [2.45, 2.75) is 32.7 Å². The van der Waals surface area contributed by atoms with Gasteiger partial charge in [-0.15, -0.1) is 11.3 Å². The first kappa shape index (κ1) is 16.4. The highest BCUT2D eigenvalue weighted by molar-refractivity contribution is 7.11. The summed E-state index contributed by atoms with van der Waals surface area (Å²) < 4.78 is 0. The number of hydrogen-bond donors (Lipinski definition) is 1. The van der Waals surface area contributed by atoms with Crippen LogP contribution in [0.5, 0.6) is 0 Å². The Morgan fingerprint density at radius 3 is 2.81 bits per heavy atom. The molecule has 2 heterocycles. The molecule has 1 saturated heterocycles. The van der Waals surface area contributed by atoms with Crippen LogP contribution in [0.1, 0.15) is 22.0 Å². The minimum Gasteiger partial charge on any atom is -0.355 e. The highest BCUT2D eigenvalue weighted by atomic mass is 32.1. The number of nitrogens with one attached hydrogen (secondary N) is 1. The van der Waals surface area contributed by atoms with Gasteiger partial charge in [-0.3, -0.25) is 9.69 Å². The third kappa shape index (κ3) is 4.76. The van der Waals surface area contributed by atoms with E-state index in [1.165, 1.54) is 4.88 Å². The Morgan fingerprint density at radius 2 is 2.24 bits per heavy atom. The van der Waals surface area contributed by atoms with Crippen LogP contribution >= 0.6 is 11.3 Å². The lowest BCUT2D eigenvalue weighted by Gasteiger charge is -2.20. The van der Waals surface area contributed by atoms with Crippen molar-refractivity contribution < 1.29 is 4.79 Å². The molecule has 0 bridgehead atoms. The summed E-state index contributed by atoms with van der Waals surface area (Å²) in [6.45, 7) is 7.31. The molecule has 1 atom stereocenters. The van der Waals surface area contributed by atoms with Crippen LogP contribution in [-0.2, 0) is 11.2 Å². The zero-order valence-electron chi connectivity index (χ0n) is 13.5. The van der Waals surface area contributed by atoms with Crippen molar-refractivity contribution in [3.63, 3.8) is 0 Å². The maximum Gasteiger partial charge on any atom is 0.234 e. The average molecular weight is 310 g/mol. The van der Waals surface area contributed by atoms with Crippen molar-refractivity contribution in [3.05, 3.63) is 15.6 Å². The van der Waals surface area contributed by atoms with E-state index in [2.05, 4.69) is 41.1 Å². The molecular formula is C15H26N4OS. The number of thiazole rings is 1. The molecule has 0 saturated carbocycles. The Kier molecular flexibility index (Phi) is 5.72. The van der Waals surface area contributed by atoms with Gasteiger partial charge in [-0.1, -0.05) is 0 Å². The monoisotopic (exact) mass is 310 g/mol. The van der Waals surface area contributed by atoms with Gasteiger partial charge in [0.2, 0.25) is 5.91 Å². The molecule has 5 nitrogen and oxygen atoms in total. The number of likely N-dealkylation sites (N-methyl/N-ethyl adjacent to an activating group) is 1. The number of likely N-dealkylation sites (tertiary alicyclic amines) is 1. The predicted molar refractivity (Wildman–Crippen MR) is 86.8 cm³/mol. The normalized spacial score (nSPS) is 19.4. The molecule has 1 unspecified atom stereocenters. The fourth-order valence-electron chi connectivity index (χ4n) is 2.59. The molecule has 1 aromatic rings. The van der Waals surface area contributed by atoms with Crippen molar-refractivity contribution in [2.75, 3.05) is 40.3 Å². The van der Waals surface area contributed by atoms with Gasteiger partial charge in [-0.2, -0.15) is 0 Å². The standard InChI is InChI=1S/C15H26N4OS/c1-11-12(2)21-15(17-11)5-7-16-14(20)10-19-8-6-13(9-19)18(3)4/h13H,5-10H2,1-4H3,(H,16,20). The van der Waals surface area contributed by atoms with Crippen molar-refractivity contribution in [1.82, 2.24) is 20.1 Å². The number of rotatable bonds is 6. The first-order chi connectivity index (χ1) is 9.95. The quantitative estimate of drug-likeness (QED) is 0.853. The zero-order valence-corrected chi connectivity index (χ0v) is 14.3. The van der Waals surface area contributed by atoms with Gasteiger partial charge >= 0.3 is 0 Å². The molecule has 0 aliphatic carbocycles. The van der Waals surface area contributed by atoms with E-state index >= 15 is 0 Å². The van der Waals surface area contributed by atoms with E-state index in [1.807, 2.05) is 6.92 Å². The summed E-state index contributed by atoms with van der Waals surface area (Å²) in [5.41, 5.74) is 1.10. The van der Waals surface area contributed by atoms with E-state index < -0.39 is 0 Å². The number of carbonyl (C=O) groups excluding carboxylic acids is 1. The van der Waals surface area contributed by atoms with E-state index in [1.54, 1.807) is 11.3 Å². The van der Waals surface area contributed by atoms with Crippen LogP contribution in [0.3, 0.4) is 0 Å². The molecule has 118 valence electrons. The Morgan fingerprint density at radius 1 is 1.48 bits per heavy atom. The lowest BCUT2D eigenvalue weighted by atomic mass is 10.2. The second kappa shape index (κ2) is 7.33. The van der Waals surface area contributed by atoms with Crippen LogP contribution in [0.15, 0.2) is 0 Å². The highest BCUT2D eigenvalue weighted by Crippen LogP contribution is 2.16.